The predicted octanol–water partition coefficient (Wildman–Crippen LogP) is 0.581. The molecule has 0 saturated heterocycles. The fourth-order valence-corrected chi connectivity index (χ4v) is 2.53. The van der Waals surface area contributed by atoms with Gasteiger partial charge in [-0.2, -0.15) is 0 Å². The number of carbonyl (C=O) groups is 2. The highest BCUT2D eigenvalue weighted by atomic mass is 16.4. The molecule has 17 heavy (non-hydrogen) atoms. The molecule has 0 aromatic carbocycles. The van der Waals surface area contributed by atoms with Crippen molar-refractivity contribution in [1.29, 1.82) is 0 Å². The van der Waals surface area contributed by atoms with Gasteiger partial charge in [-0.25, -0.2) is 0 Å². The Labute approximate surface area is 101 Å². The van der Waals surface area contributed by atoms with Crippen molar-refractivity contribution in [1.82, 2.24) is 4.90 Å². The van der Waals surface area contributed by atoms with E-state index in [4.69, 9.17) is 10.8 Å². The first-order valence-electron chi connectivity index (χ1n) is 6.31. The maximum Gasteiger partial charge on any atom is 0.323 e. The molecule has 96 valence electrons. The topological polar surface area (TPSA) is 83.6 Å². The van der Waals surface area contributed by atoms with Crippen LogP contribution < -0.4 is 5.73 Å². The van der Waals surface area contributed by atoms with Gasteiger partial charge in [0.1, 0.15) is 6.54 Å². The van der Waals surface area contributed by atoms with Crippen molar-refractivity contribution in [2.24, 2.45) is 11.7 Å². The second-order valence-electron chi connectivity index (χ2n) is 5.39. The highest BCUT2D eigenvalue weighted by Gasteiger charge is 2.41. The van der Waals surface area contributed by atoms with E-state index in [0.29, 0.717) is 25.3 Å². The predicted molar refractivity (Wildman–Crippen MR) is 62.3 cm³/mol. The van der Waals surface area contributed by atoms with Gasteiger partial charge in [0.05, 0.1) is 5.54 Å². The molecular formula is C12H20N2O3. The molecular weight excluding hydrogens is 220 g/mol. The lowest BCUT2D eigenvalue weighted by Gasteiger charge is -2.30. The van der Waals surface area contributed by atoms with Crippen LogP contribution in [0.3, 0.4) is 0 Å². The summed E-state index contributed by atoms with van der Waals surface area (Å²) in [6, 6.07) is 0. The van der Waals surface area contributed by atoms with Crippen molar-refractivity contribution in [3.8, 4) is 0 Å². The fourth-order valence-electron chi connectivity index (χ4n) is 2.53. The standard InChI is InChI=1S/C12H20N2O3/c13-12(5-1-2-6-12)11(17)14(8-10(15)16)7-9-3-4-9/h9H,1-8,13H2,(H,15,16). The third-order valence-corrected chi connectivity index (χ3v) is 3.71. The summed E-state index contributed by atoms with van der Waals surface area (Å²) in [6.07, 6.45) is 5.50. The lowest BCUT2D eigenvalue weighted by molar-refractivity contribution is -0.147. The van der Waals surface area contributed by atoms with Crippen LogP contribution in [0.15, 0.2) is 0 Å². The van der Waals surface area contributed by atoms with E-state index in [1.807, 2.05) is 0 Å². The summed E-state index contributed by atoms with van der Waals surface area (Å²) in [5, 5.41) is 8.86. The Hall–Kier alpha value is -1.10. The van der Waals surface area contributed by atoms with Gasteiger partial charge in [-0.05, 0) is 31.6 Å². The Morgan fingerprint density at radius 1 is 1.29 bits per heavy atom. The lowest BCUT2D eigenvalue weighted by atomic mass is 9.97. The van der Waals surface area contributed by atoms with Gasteiger partial charge in [-0.3, -0.25) is 9.59 Å². The van der Waals surface area contributed by atoms with E-state index < -0.39 is 11.5 Å². The highest BCUT2D eigenvalue weighted by molar-refractivity contribution is 5.89. The van der Waals surface area contributed by atoms with Crippen molar-refractivity contribution >= 4 is 11.9 Å². The van der Waals surface area contributed by atoms with Gasteiger partial charge in [0, 0.05) is 6.54 Å². The van der Waals surface area contributed by atoms with Crippen LogP contribution in [0.4, 0.5) is 0 Å². The third kappa shape index (κ3) is 2.97. The molecule has 2 aliphatic carbocycles. The van der Waals surface area contributed by atoms with Crippen molar-refractivity contribution in [3.63, 3.8) is 0 Å². The second kappa shape index (κ2) is 4.64. The molecule has 0 spiro atoms. The van der Waals surface area contributed by atoms with Crippen molar-refractivity contribution < 1.29 is 14.7 Å². The zero-order chi connectivity index (χ0) is 12.5. The molecule has 2 rings (SSSR count). The van der Waals surface area contributed by atoms with Gasteiger partial charge in [0.15, 0.2) is 0 Å². The first-order valence-corrected chi connectivity index (χ1v) is 6.31. The number of nitrogens with zero attached hydrogens (tertiary/aromatic N) is 1. The normalized spacial score (nSPS) is 22.4. The molecule has 5 nitrogen and oxygen atoms in total. The lowest BCUT2D eigenvalue weighted by Crippen LogP contribution is -2.55. The summed E-state index contributed by atoms with van der Waals surface area (Å²) in [4.78, 5) is 24.6. The number of hydrogen-bond acceptors (Lipinski definition) is 3. The minimum absolute atomic E-state index is 0.163. The van der Waals surface area contributed by atoms with Crippen LogP contribution in [0, 0.1) is 5.92 Å². The van der Waals surface area contributed by atoms with Crippen LogP contribution in [-0.2, 0) is 9.59 Å². The average Bonchev–Trinajstić information content (AvgIpc) is 2.96. The molecule has 2 aliphatic rings. The van der Waals surface area contributed by atoms with Crippen molar-refractivity contribution in [2.75, 3.05) is 13.1 Å². The smallest absolute Gasteiger partial charge is 0.323 e. The molecule has 0 radical (unpaired) electrons. The zero-order valence-electron chi connectivity index (χ0n) is 10.0. The molecule has 3 N–H and O–H groups in total. The Kier molecular flexibility index (Phi) is 3.38. The van der Waals surface area contributed by atoms with Crippen LogP contribution >= 0.6 is 0 Å². The van der Waals surface area contributed by atoms with Crippen LogP contribution in [0.1, 0.15) is 38.5 Å². The number of rotatable bonds is 5. The monoisotopic (exact) mass is 240 g/mol. The molecule has 0 atom stereocenters. The van der Waals surface area contributed by atoms with Crippen LogP contribution in [0.25, 0.3) is 0 Å². The third-order valence-electron chi connectivity index (χ3n) is 3.71. The van der Waals surface area contributed by atoms with Crippen LogP contribution in [-0.4, -0.2) is 40.5 Å². The molecule has 2 fully saturated rings. The Balaban J connectivity index is 2.02. The van der Waals surface area contributed by atoms with Gasteiger partial charge in [0.25, 0.3) is 0 Å². The van der Waals surface area contributed by atoms with Crippen molar-refractivity contribution in [2.45, 2.75) is 44.1 Å². The Morgan fingerprint density at radius 3 is 2.35 bits per heavy atom. The van der Waals surface area contributed by atoms with Crippen LogP contribution in [0.5, 0.6) is 0 Å². The average molecular weight is 240 g/mol. The minimum Gasteiger partial charge on any atom is -0.480 e. The van der Waals surface area contributed by atoms with E-state index >= 15 is 0 Å². The minimum atomic E-state index is -0.958. The fraction of sp³-hybridized carbons (Fsp3) is 0.833. The summed E-state index contributed by atoms with van der Waals surface area (Å²) < 4.78 is 0. The Morgan fingerprint density at radius 2 is 1.88 bits per heavy atom. The second-order valence-corrected chi connectivity index (χ2v) is 5.39. The number of nitrogens with two attached hydrogens (primary N) is 1. The summed E-state index contributed by atoms with van der Waals surface area (Å²) in [6.45, 7) is 0.346. The van der Waals surface area contributed by atoms with Gasteiger partial charge in [0.2, 0.25) is 5.91 Å². The molecule has 0 aromatic rings. The number of carbonyl (C=O) groups excluding carboxylic acids is 1. The van der Waals surface area contributed by atoms with E-state index in [1.165, 1.54) is 4.90 Å². The molecule has 0 bridgehead atoms. The zero-order valence-corrected chi connectivity index (χ0v) is 10.0. The van der Waals surface area contributed by atoms with Gasteiger partial charge < -0.3 is 15.7 Å². The van der Waals surface area contributed by atoms with Gasteiger partial charge >= 0.3 is 5.97 Å². The first-order chi connectivity index (χ1) is 8.01. The Bertz CT molecular complexity index is 320. The number of hydrogen-bond donors (Lipinski definition) is 2. The van der Waals surface area contributed by atoms with Crippen LogP contribution in [0.2, 0.25) is 0 Å². The molecule has 0 unspecified atom stereocenters. The summed E-state index contributed by atoms with van der Waals surface area (Å²) in [5.41, 5.74) is 5.29. The maximum atomic E-state index is 12.3. The largest absolute Gasteiger partial charge is 0.480 e. The number of aliphatic carboxylic acids is 1. The van der Waals surface area contributed by atoms with E-state index in [1.54, 1.807) is 0 Å². The van der Waals surface area contributed by atoms with E-state index in [-0.39, 0.29) is 12.5 Å². The van der Waals surface area contributed by atoms with Crippen molar-refractivity contribution in [3.05, 3.63) is 0 Å². The number of amides is 1. The van der Waals surface area contributed by atoms with E-state index in [9.17, 15) is 9.59 Å². The van der Waals surface area contributed by atoms with Gasteiger partial charge in [-0.15, -0.1) is 0 Å². The summed E-state index contributed by atoms with van der Waals surface area (Å²) in [7, 11) is 0. The van der Waals surface area contributed by atoms with E-state index in [0.717, 1.165) is 25.7 Å². The SMILES string of the molecule is NC1(C(=O)N(CC(=O)O)CC2CC2)CCCC1. The van der Waals surface area contributed by atoms with E-state index in [2.05, 4.69) is 0 Å². The molecule has 0 aromatic heterocycles. The maximum absolute atomic E-state index is 12.3. The van der Waals surface area contributed by atoms with Gasteiger partial charge in [-0.1, -0.05) is 12.8 Å². The molecule has 2 saturated carbocycles. The molecule has 5 heteroatoms. The molecule has 0 heterocycles. The molecule has 0 aliphatic heterocycles. The summed E-state index contributed by atoms with van der Waals surface area (Å²) >= 11 is 0. The summed E-state index contributed by atoms with van der Waals surface area (Å²) in [5.74, 6) is -0.631. The highest BCUT2D eigenvalue weighted by Crippen LogP contribution is 2.33. The molecule has 1 amide bonds. The quantitative estimate of drug-likeness (QED) is 0.736. The number of carboxylic acid groups (broad SMARTS) is 1. The number of carboxylic acids is 1. The first kappa shape index (κ1) is 12.4.